The van der Waals surface area contributed by atoms with Crippen molar-refractivity contribution in [3.8, 4) is 0 Å². The second-order valence-electron chi connectivity index (χ2n) is 5.58. The van der Waals surface area contributed by atoms with Crippen molar-refractivity contribution in [1.29, 1.82) is 0 Å². The maximum absolute atomic E-state index is 13.1. The molecular weight excluding hydrogens is 333 g/mol. The molecule has 1 aliphatic rings. The van der Waals surface area contributed by atoms with Crippen molar-refractivity contribution in [2.75, 3.05) is 20.3 Å². The lowest BCUT2D eigenvalue weighted by atomic mass is 10.2. The van der Waals surface area contributed by atoms with Gasteiger partial charge in [0.05, 0.1) is 23.5 Å². The van der Waals surface area contributed by atoms with Gasteiger partial charge in [-0.15, -0.1) is 0 Å². The van der Waals surface area contributed by atoms with Gasteiger partial charge in [-0.3, -0.25) is 4.79 Å². The van der Waals surface area contributed by atoms with Crippen LogP contribution >= 0.6 is 0 Å². The van der Waals surface area contributed by atoms with Gasteiger partial charge in [0.15, 0.2) is 6.04 Å². The predicted octanol–water partition coefficient (Wildman–Crippen LogP) is 1.84. The Morgan fingerprint density at radius 3 is 2.75 bits per heavy atom. The number of methoxy groups -OCH3 is 1. The maximum atomic E-state index is 13.1. The van der Waals surface area contributed by atoms with Crippen molar-refractivity contribution in [2.45, 2.75) is 38.0 Å². The summed E-state index contributed by atoms with van der Waals surface area (Å²) in [6, 6.07) is -3.04. The Hall–Kier alpha value is -2.17. The third kappa shape index (κ3) is 3.50. The summed E-state index contributed by atoms with van der Waals surface area (Å²) in [5.41, 5.74) is 0.211. The molecule has 0 spiro atoms. The summed E-state index contributed by atoms with van der Waals surface area (Å²) in [5.74, 6) is -1.26. The molecule has 1 unspecified atom stereocenters. The van der Waals surface area contributed by atoms with Crippen LogP contribution in [0.4, 0.5) is 19.0 Å². The molecule has 2 heterocycles. The topological polar surface area (TPSA) is 90.5 Å². The molecule has 0 aliphatic carbocycles. The molecule has 1 fully saturated rings. The molecule has 1 aromatic rings. The second-order valence-corrected chi connectivity index (χ2v) is 5.58. The first-order valence-electron chi connectivity index (χ1n) is 7.23. The van der Waals surface area contributed by atoms with Crippen molar-refractivity contribution in [3.05, 3.63) is 21.9 Å². The van der Waals surface area contributed by atoms with Crippen molar-refractivity contribution in [3.63, 3.8) is 0 Å². The summed E-state index contributed by atoms with van der Waals surface area (Å²) in [6.45, 7) is 1.17. The lowest BCUT2D eigenvalue weighted by Crippen LogP contribution is -2.48. The number of aromatic nitrogens is 2. The molecule has 0 radical (unpaired) electrons. The van der Waals surface area contributed by atoms with Gasteiger partial charge < -0.3 is 19.8 Å². The molecular formula is C13H17F3N4O4. The van der Waals surface area contributed by atoms with E-state index in [1.54, 1.807) is 0 Å². The quantitative estimate of drug-likeness (QED) is 0.597. The zero-order chi connectivity index (χ0) is 18.1. The molecule has 2 rings (SSSR count). The highest BCUT2D eigenvalue weighted by Gasteiger charge is 2.49. The molecule has 0 bridgehead atoms. The van der Waals surface area contributed by atoms with E-state index in [2.05, 4.69) is 5.10 Å². The fourth-order valence-electron chi connectivity index (χ4n) is 2.79. The molecule has 0 N–H and O–H groups in total. The molecule has 24 heavy (non-hydrogen) atoms. The molecule has 1 amide bonds. The Balaban J connectivity index is 2.31. The Kier molecular flexibility index (Phi) is 5.11. The maximum Gasteiger partial charge on any atom is 0.408 e. The fourth-order valence-corrected chi connectivity index (χ4v) is 2.79. The van der Waals surface area contributed by atoms with Crippen LogP contribution in [0.25, 0.3) is 0 Å². The zero-order valence-electron chi connectivity index (χ0n) is 13.1. The monoisotopic (exact) mass is 350 g/mol. The van der Waals surface area contributed by atoms with E-state index in [1.165, 1.54) is 20.2 Å². The highest BCUT2D eigenvalue weighted by molar-refractivity contribution is 5.81. The van der Waals surface area contributed by atoms with Gasteiger partial charge in [0, 0.05) is 13.7 Å². The van der Waals surface area contributed by atoms with Crippen LogP contribution in [0.1, 0.15) is 24.4 Å². The molecule has 0 saturated carbocycles. The highest BCUT2D eigenvalue weighted by atomic mass is 19.4. The summed E-state index contributed by atoms with van der Waals surface area (Å²) in [4.78, 5) is 23.5. The first kappa shape index (κ1) is 18.2. The summed E-state index contributed by atoms with van der Waals surface area (Å²) >= 11 is 0. The van der Waals surface area contributed by atoms with Crippen molar-refractivity contribution in [2.24, 2.45) is 0 Å². The number of halogens is 3. The van der Waals surface area contributed by atoms with Gasteiger partial charge in [0.25, 0.3) is 5.91 Å². The van der Waals surface area contributed by atoms with E-state index in [1.807, 2.05) is 0 Å². The number of carbonyl (C=O) groups excluding carboxylic acids is 1. The number of carbonyl (C=O) groups is 1. The van der Waals surface area contributed by atoms with Gasteiger partial charge >= 0.3 is 12.0 Å². The van der Waals surface area contributed by atoms with Gasteiger partial charge in [0.1, 0.15) is 6.04 Å². The molecule has 11 heteroatoms. The molecule has 0 aromatic carbocycles. The minimum Gasteiger partial charge on any atom is -0.382 e. The van der Waals surface area contributed by atoms with Gasteiger partial charge in [0.2, 0.25) is 0 Å². The molecule has 1 saturated heterocycles. The van der Waals surface area contributed by atoms with E-state index < -0.39 is 34.9 Å². The van der Waals surface area contributed by atoms with Crippen LogP contribution in [-0.4, -0.2) is 58.0 Å². The molecule has 1 aromatic heterocycles. The van der Waals surface area contributed by atoms with Crippen LogP contribution < -0.4 is 0 Å². The number of nitro groups is 1. The number of nitrogens with zero attached hydrogens (tertiary/aromatic N) is 4. The Morgan fingerprint density at radius 2 is 2.25 bits per heavy atom. The van der Waals surface area contributed by atoms with Crippen LogP contribution in [0, 0.1) is 17.0 Å². The first-order chi connectivity index (χ1) is 11.2. The summed E-state index contributed by atoms with van der Waals surface area (Å²) in [6.07, 6.45) is -3.17. The lowest BCUT2D eigenvalue weighted by Gasteiger charge is -2.29. The summed E-state index contributed by atoms with van der Waals surface area (Å²) in [5, 5.41) is 14.6. The Morgan fingerprint density at radius 1 is 1.58 bits per heavy atom. The average Bonchev–Trinajstić information content (AvgIpc) is 3.09. The largest absolute Gasteiger partial charge is 0.408 e. The summed E-state index contributed by atoms with van der Waals surface area (Å²) < 4.78 is 45.1. The second kappa shape index (κ2) is 6.75. The van der Waals surface area contributed by atoms with E-state index >= 15 is 0 Å². The number of alkyl halides is 3. The van der Waals surface area contributed by atoms with Crippen molar-refractivity contribution < 1.29 is 27.6 Å². The third-order valence-corrected chi connectivity index (χ3v) is 3.90. The van der Waals surface area contributed by atoms with E-state index in [-0.39, 0.29) is 31.6 Å². The van der Waals surface area contributed by atoms with Crippen LogP contribution in [0.5, 0.6) is 0 Å². The SMILES string of the molecule is COCC(C(=O)N1CCC[C@H]1C(F)(F)F)n1cc(C)c([N+](=O)[O-])n1. The molecule has 8 nitrogen and oxygen atoms in total. The number of aryl methyl sites for hydroxylation is 1. The number of rotatable bonds is 5. The van der Waals surface area contributed by atoms with Crippen molar-refractivity contribution >= 4 is 11.7 Å². The zero-order valence-corrected chi connectivity index (χ0v) is 13.1. The first-order valence-corrected chi connectivity index (χ1v) is 7.23. The standard InChI is InChI=1S/C13H17F3N4O4/c1-8-6-19(17-11(8)20(22)23)9(7-24-2)12(21)18-5-3-4-10(18)13(14,15)16/h6,9-10H,3-5,7H2,1-2H3/t9?,10-/m0/s1. The normalized spacial score (nSPS) is 19.5. The smallest absolute Gasteiger partial charge is 0.382 e. The Labute approximate surface area is 135 Å². The van der Waals surface area contributed by atoms with E-state index in [9.17, 15) is 28.1 Å². The number of ether oxygens (including phenoxy) is 1. The third-order valence-electron chi connectivity index (χ3n) is 3.90. The van der Waals surface area contributed by atoms with Gasteiger partial charge in [-0.25, -0.2) is 0 Å². The van der Waals surface area contributed by atoms with Crippen LogP contribution in [0.3, 0.4) is 0 Å². The molecule has 134 valence electrons. The van der Waals surface area contributed by atoms with Crippen LogP contribution in [-0.2, 0) is 9.53 Å². The number of hydrogen-bond acceptors (Lipinski definition) is 5. The predicted molar refractivity (Wildman–Crippen MR) is 75.3 cm³/mol. The lowest BCUT2D eigenvalue weighted by molar-refractivity contribution is -0.390. The van der Waals surface area contributed by atoms with Crippen molar-refractivity contribution in [1.82, 2.24) is 14.7 Å². The van der Waals surface area contributed by atoms with E-state index in [0.29, 0.717) is 0 Å². The van der Waals surface area contributed by atoms with Gasteiger partial charge in [-0.2, -0.15) is 17.9 Å². The minimum atomic E-state index is -4.52. The van der Waals surface area contributed by atoms with Gasteiger partial charge in [-0.05, 0) is 24.7 Å². The van der Waals surface area contributed by atoms with Crippen LogP contribution in [0.2, 0.25) is 0 Å². The molecule has 1 aliphatic heterocycles. The number of hydrogen-bond donors (Lipinski definition) is 0. The molecule has 2 atom stereocenters. The number of amides is 1. The summed E-state index contributed by atoms with van der Waals surface area (Å²) in [7, 11) is 1.29. The highest BCUT2D eigenvalue weighted by Crippen LogP contribution is 2.34. The fraction of sp³-hybridized carbons (Fsp3) is 0.692. The van der Waals surface area contributed by atoms with Gasteiger partial charge in [-0.1, -0.05) is 0 Å². The average molecular weight is 350 g/mol. The van der Waals surface area contributed by atoms with Crippen LogP contribution in [0.15, 0.2) is 6.20 Å². The minimum absolute atomic E-state index is 0.0223. The Bertz CT molecular complexity index is 631. The van der Waals surface area contributed by atoms with E-state index in [0.717, 1.165) is 9.58 Å². The number of likely N-dealkylation sites (tertiary alicyclic amines) is 1. The van der Waals surface area contributed by atoms with E-state index in [4.69, 9.17) is 4.74 Å².